The van der Waals surface area contributed by atoms with Crippen molar-refractivity contribution in [2.75, 3.05) is 11.9 Å². The minimum atomic E-state index is -4.00. The smallest absolute Gasteiger partial charge is 0.322 e. The summed E-state index contributed by atoms with van der Waals surface area (Å²) in [5, 5.41) is 14.1. The van der Waals surface area contributed by atoms with Crippen LogP contribution in [-0.4, -0.2) is 32.1 Å². The van der Waals surface area contributed by atoms with Gasteiger partial charge in [0.15, 0.2) is 0 Å². The topological polar surface area (TPSA) is 109 Å². The van der Waals surface area contributed by atoms with Gasteiger partial charge in [0.2, 0.25) is 10.0 Å². The molecule has 0 saturated carbocycles. The molecular weight excluding hydrogens is 368 g/mol. The summed E-state index contributed by atoms with van der Waals surface area (Å²) in [5.74, 6) is -1.61. The first kappa shape index (κ1) is 19.2. The molecule has 3 aromatic rings. The number of hydrogen-bond donors (Lipinski definition) is 3. The van der Waals surface area contributed by atoms with Crippen molar-refractivity contribution in [1.29, 1.82) is 0 Å². The molecule has 0 spiro atoms. The highest BCUT2D eigenvalue weighted by atomic mass is 32.2. The molecule has 2 aromatic carbocycles. The number of anilines is 1. The Kier molecular flexibility index (Phi) is 5.12. The lowest BCUT2D eigenvalue weighted by atomic mass is 10.1. The van der Waals surface area contributed by atoms with E-state index in [1.54, 1.807) is 19.9 Å². The summed E-state index contributed by atoms with van der Waals surface area (Å²) < 4.78 is 33.3. The standard InChI is InChI=1S/C19H22N2O5S/c1-4-20-12-5-7-14-15-8-6-13(10-17(15)26-16(14)9-12)27(24,25)21-18(11(2)3)19(22)23/h5-11,18,20-21H,4H2,1-3H3,(H,22,23). The van der Waals surface area contributed by atoms with Crippen LogP contribution in [0, 0.1) is 5.92 Å². The van der Waals surface area contributed by atoms with E-state index in [4.69, 9.17) is 4.42 Å². The number of rotatable bonds is 7. The van der Waals surface area contributed by atoms with Gasteiger partial charge in [-0.2, -0.15) is 4.72 Å². The Labute approximate surface area is 157 Å². The van der Waals surface area contributed by atoms with Gasteiger partial charge in [0.1, 0.15) is 17.2 Å². The quantitative estimate of drug-likeness (QED) is 0.570. The Balaban J connectivity index is 2.02. The Morgan fingerprint density at radius 2 is 1.74 bits per heavy atom. The van der Waals surface area contributed by atoms with E-state index in [2.05, 4.69) is 10.0 Å². The van der Waals surface area contributed by atoms with Gasteiger partial charge in [-0.05, 0) is 37.1 Å². The molecule has 0 aliphatic carbocycles. The molecular formula is C19H22N2O5S. The van der Waals surface area contributed by atoms with Gasteiger partial charge >= 0.3 is 5.97 Å². The third kappa shape index (κ3) is 3.77. The van der Waals surface area contributed by atoms with Gasteiger partial charge < -0.3 is 14.8 Å². The van der Waals surface area contributed by atoms with E-state index < -0.39 is 28.0 Å². The normalized spacial score (nSPS) is 13.3. The number of aliphatic carboxylic acids is 1. The first-order valence-electron chi connectivity index (χ1n) is 8.68. The predicted octanol–water partition coefficient (Wildman–Crippen LogP) is 3.41. The molecule has 3 rings (SSSR count). The average molecular weight is 390 g/mol. The number of fused-ring (bicyclic) bond motifs is 3. The van der Waals surface area contributed by atoms with E-state index in [1.807, 2.05) is 25.1 Å². The molecule has 1 unspecified atom stereocenters. The summed E-state index contributed by atoms with van der Waals surface area (Å²) >= 11 is 0. The maximum Gasteiger partial charge on any atom is 0.322 e. The van der Waals surface area contributed by atoms with E-state index in [9.17, 15) is 18.3 Å². The number of hydrogen-bond acceptors (Lipinski definition) is 5. The van der Waals surface area contributed by atoms with Crippen molar-refractivity contribution in [3.63, 3.8) is 0 Å². The number of benzene rings is 2. The molecule has 1 heterocycles. The number of nitrogens with one attached hydrogen (secondary N) is 2. The van der Waals surface area contributed by atoms with Gasteiger partial charge in [0.25, 0.3) is 0 Å². The van der Waals surface area contributed by atoms with Gasteiger partial charge in [0, 0.05) is 35.1 Å². The van der Waals surface area contributed by atoms with Crippen LogP contribution in [0.2, 0.25) is 0 Å². The lowest BCUT2D eigenvalue weighted by Gasteiger charge is -2.17. The lowest BCUT2D eigenvalue weighted by molar-refractivity contribution is -0.140. The van der Waals surface area contributed by atoms with Crippen molar-refractivity contribution in [1.82, 2.24) is 4.72 Å². The van der Waals surface area contributed by atoms with Gasteiger partial charge in [-0.1, -0.05) is 13.8 Å². The van der Waals surface area contributed by atoms with Gasteiger partial charge in [-0.15, -0.1) is 0 Å². The van der Waals surface area contributed by atoms with Gasteiger partial charge in [-0.25, -0.2) is 8.42 Å². The molecule has 0 aliphatic heterocycles. The minimum Gasteiger partial charge on any atom is -0.480 e. The zero-order valence-electron chi connectivity index (χ0n) is 15.3. The fraction of sp³-hybridized carbons (Fsp3) is 0.316. The Hall–Kier alpha value is -2.58. The second-order valence-electron chi connectivity index (χ2n) is 6.68. The van der Waals surface area contributed by atoms with E-state index in [-0.39, 0.29) is 4.90 Å². The maximum atomic E-state index is 12.6. The minimum absolute atomic E-state index is 0.0344. The van der Waals surface area contributed by atoms with Crippen LogP contribution in [0.25, 0.3) is 21.9 Å². The summed E-state index contributed by atoms with van der Waals surface area (Å²) in [5.41, 5.74) is 1.99. The van der Waals surface area contributed by atoms with Crippen LogP contribution in [0.4, 0.5) is 5.69 Å². The second-order valence-corrected chi connectivity index (χ2v) is 8.40. The molecule has 8 heteroatoms. The molecule has 3 N–H and O–H groups in total. The molecule has 0 bridgehead atoms. The third-order valence-corrected chi connectivity index (χ3v) is 5.79. The summed E-state index contributed by atoms with van der Waals surface area (Å²) in [6.07, 6.45) is 0. The number of carboxylic acids is 1. The number of furan rings is 1. The van der Waals surface area contributed by atoms with Crippen LogP contribution in [0.5, 0.6) is 0 Å². The summed E-state index contributed by atoms with van der Waals surface area (Å²) in [4.78, 5) is 11.3. The monoisotopic (exact) mass is 390 g/mol. The largest absolute Gasteiger partial charge is 0.480 e. The summed E-state index contributed by atoms with van der Waals surface area (Å²) in [6.45, 7) is 6.06. The fourth-order valence-electron chi connectivity index (χ4n) is 2.95. The van der Waals surface area contributed by atoms with Crippen molar-refractivity contribution >= 4 is 43.6 Å². The van der Waals surface area contributed by atoms with E-state index >= 15 is 0 Å². The zero-order valence-corrected chi connectivity index (χ0v) is 16.1. The first-order chi connectivity index (χ1) is 12.7. The highest BCUT2D eigenvalue weighted by molar-refractivity contribution is 7.89. The SMILES string of the molecule is CCNc1ccc2c(c1)oc1cc(S(=O)(=O)NC(C(=O)O)C(C)C)ccc12. The molecule has 0 radical (unpaired) electrons. The molecule has 0 aliphatic rings. The van der Waals surface area contributed by atoms with E-state index in [0.717, 1.165) is 23.0 Å². The van der Waals surface area contributed by atoms with Gasteiger partial charge in [0.05, 0.1) is 4.90 Å². The van der Waals surface area contributed by atoms with Crippen LogP contribution < -0.4 is 10.0 Å². The van der Waals surface area contributed by atoms with Crippen molar-refractivity contribution in [3.05, 3.63) is 36.4 Å². The molecule has 0 amide bonds. The van der Waals surface area contributed by atoms with Gasteiger partial charge in [-0.3, -0.25) is 4.79 Å². The van der Waals surface area contributed by atoms with E-state index in [1.165, 1.54) is 12.1 Å². The fourth-order valence-corrected chi connectivity index (χ4v) is 4.30. The van der Waals surface area contributed by atoms with Crippen LogP contribution in [0.3, 0.4) is 0 Å². The van der Waals surface area contributed by atoms with Crippen LogP contribution >= 0.6 is 0 Å². The maximum absolute atomic E-state index is 12.6. The molecule has 1 aromatic heterocycles. The molecule has 1 atom stereocenters. The number of carboxylic acid groups (broad SMARTS) is 1. The second kappa shape index (κ2) is 7.21. The lowest BCUT2D eigenvalue weighted by Crippen LogP contribution is -2.44. The highest BCUT2D eigenvalue weighted by Crippen LogP contribution is 2.32. The van der Waals surface area contributed by atoms with Crippen LogP contribution in [-0.2, 0) is 14.8 Å². The molecule has 7 nitrogen and oxygen atoms in total. The zero-order chi connectivity index (χ0) is 19.8. The summed E-state index contributed by atoms with van der Waals surface area (Å²) in [6, 6.07) is 9.07. The Morgan fingerprint density at radius 3 is 2.33 bits per heavy atom. The predicted molar refractivity (Wildman–Crippen MR) is 104 cm³/mol. The number of carbonyl (C=O) groups is 1. The van der Waals surface area contributed by atoms with Crippen LogP contribution in [0.15, 0.2) is 45.7 Å². The molecule has 144 valence electrons. The Bertz CT molecular complexity index is 1100. The molecule has 0 saturated heterocycles. The Morgan fingerprint density at radius 1 is 1.11 bits per heavy atom. The summed E-state index contributed by atoms with van der Waals surface area (Å²) in [7, 11) is -4.00. The van der Waals surface area contributed by atoms with Crippen molar-refractivity contribution < 1.29 is 22.7 Å². The van der Waals surface area contributed by atoms with Crippen molar-refractivity contribution in [3.8, 4) is 0 Å². The van der Waals surface area contributed by atoms with E-state index in [0.29, 0.717) is 11.2 Å². The molecule has 0 fully saturated rings. The van der Waals surface area contributed by atoms with Crippen LogP contribution in [0.1, 0.15) is 20.8 Å². The number of sulfonamides is 1. The third-order valence-electron chi connectivity index (χ3n) is 4.35. The highest BCUT2D eigenvalue weighted by Gasteiger charge is 2.28. The average Bonchev–Trinajstić information content (AvgIpc) is 2.96. The first-order valence-corrected chi connectivity index (χ1v) is 10.2. The van der Waals surface area contributed by atoms with Crippen molar-refractivity contribution in [2.24, 2.45) is 5.92 Å². The molecule has 27 heavy (non-hydrogen) atoms. The van der Waals surface area contributed by atoms with Crippen molar-refractivity contribution in [2.45, 2.75) is 31.7 Å².